The highest BCUT2D eigenvalue weighted by Gasteiger charge is 2.42. The van der Waals surface area contributed by atoms with Crippen molar-refractivity contribution in [3.05, 3.63) is 94.6 Å². The number of hydrogen-bond acceptors (Lipinski definition) is 5. The Balaban J connectivity index is 1.11. The van der Waals surface area contributed by atoms with Gasteiger partial charge in [0.25, 0.3) is 0 Å². The number of halogens is 4. The second-order valence-corrected chi connectivity index (χ2v) is 11.1. The number of aryl methyl sites for hydroxylation is 1. The van der Waals surface area contributed by atoms with Gasteiger partial charge in [-0.3, -0.25) is 14.8 Å². The van der Waals surface area contributed by atoms with Crippen LogP contribution in [-0.2, 0) is 12.7 Å². The average molecular weight is 567 g/mol. The van der Waals surface area contributed by atoms with Gasteiger partial charge in [-0.25, -0.2) is 0 Å². The normalized spacial score (nSPS) is 19.4. The summed E-state index contributed by atoms with van der Waals surface area (Å²) in [5.74, 6) is 0.195. The molecule has 0 amide bonds. The van der Waals surface area contributed by atoms with E-state index in [2.05, 4.69) is 32.2 Å². The van der Waals surface area contributed by atoms with E-state index >= 15 is 0 Å². The van der Waals surface area contributed by atoms with Crippen molar-refractivity contribution in [1.82, 2.24) is 14.8 Å². The molecule has 2 fully saturated rings. The van der Waals surface area contributed by atoms with Crippen LogP contribution in [0.15, 0.2) is 72.8 Å². The lowest BCUT2D eigenvalue weighted by molar-refractivity contribution is -0.137. The zero-order chi connectivity index (χ0) is 27.9. The molecule has 2 aliphatic rings. The largest absolute Gasteiger partial charge is 0.492 e. The van der Waals surface area contributed by atoms with E-state index < -0.39 is 11.7 Å². The maximum atomic E-state index is 13.8. The fraction of sp³-hybridized carbons (Fsp3) is 0.323. The summed E-state index contributed by atoms with van der Waals surface area (Å²) in [4.78, 5) is 9.41. The molecule has 5 nitrogen and oxygen atoms in total. The standard InChI is InChI=1S/C31H30ClF3N4O/c1-20-12-30(28-4-2-3-5-29(28)36-20)37-24-13-22(31(33,34)35)14-27(15-24)40-11-10-38-18-26-16-25(38)19-39(26)17-21-6-8-23(32)9-7-21/h2-9,12-15,25-26H,10-11,16-19H2,1H3,(H,36,37)/t25?,26-/m0/s1. The van der Waals surface area contributed by atoms with E-state index in [1.807, 2.05) is 49.4 Å². The van der Waals surface area contributed by atoms with Crippen LogP contribution in [-0.4, -0.2) is 53.1 Å². The van der Waals surface area contributed by atoms with Crippen LogP contribution in [0.25, 0.3) is 10.9 Å². The number of hydrogen-bond donors (Lipinski definition) is 1. The number of fused-ring (bicyclic) bond motifs is 3. The first-order valence-electron chi connectivity index (χ1n) is 13.4. The van der Waals surface area contributed by atoms with Crippen molar-refractivity contribution in [2.75, 3.05) is 31.6 Å². The molecule has 0 aliphatic carbocycles. The molecule has 0 saturated carbocycles. The Morgan fingerprint density at radius 2 is 1.73 bits per heavy atom. The minimum atomic E-state index is -4.49. The molecule has 208 valence electrons. The molecule has 2 saturated heterocycles. The summed E-state index contributed by atoms with van der Waals surface area (Å²) in [5, 5.41) is 4.75. The number of nitrogens with zero attached hydrogens (tertiary/aromatic N) is 3. The number of rotatable bonds is 8. The minimum absolute atomic E-state index is 0.195. The molecule has 9 heteroatoms. The average Bonchev–Trinajstić information content (AvgIpc) is 3.50. The summed E-state index contributed by atoms with van der Waals surface area (Å²) >= 11 is 6.01. The van der Waals surface area contributed by atoms with Crippen molar-refractivity contribution in [3.8, 4) is 5.75 Å². The highest BCUT2D eigenvalue weighted by Crippen LogP contribution is 2.36. The van der Waals surface area contributed by atoms with Crippen molar-refractivity contribution in [1.29, 1.82) is 0 Å². The monoisotopic (exact) mass is 566 g/mol. The molecule has 2 aliphatic heterocycles. The van der Waals surface area contributed by atoms with Crippen LogP contribution < -0.4 is 10.1 Å². The van der Waals surface area contributed by atoms with Gasteiger partial charge in [0, 0.05) is 71.8 Å². The Hall–Kier alpha value is -3.33. The first-order valence-corrected chi connectivity index (χ1v) is 13.8. The maximum Gasteiger partial charge on any atom is 0.416 e. The zero-order valence-corrected chi connectivity index (χ0v) is 22.8. The fourth-order valence-corrected chi connectivity index (χ4v) is 6.02. The van der Waals surface area contributed by atoms with Crippen LogP contribution in [0.1, 0.15) is 23.2 Å². The van der Waals surface area contributed by atoms with Crippen molar-refractivity contribution in [2.45, 2.75) is 38.1 Å². The lowest BCUT2D eigenvalue weighted by atomic mass is 10.1. The van der Waals surface area contributed by atoms with Crippen molar-refractivity contribution < 1.29 is 17.9 Å². The Labute approximate surface area is 236 Å². The summed E-state index contributed by atoms with van der Waals surface area (Å²) < 4.78 is 47.2. The van der Waals surface area contributed by atoms with E-state index in [9.17, 15) is 13.2 Å². The van der Waals surface area contributed by atoms with E-state index in [-0.39, 0.29) is 5.75 Å². The van der Waals surface area contributed by atoms with Crippen LogP contribution in [0.2, 0.25) is 5.02 Å². The molecular formula is C31H30ClF3N4O. The summed E-state index contributed by atoms with van der Waals surface area (Å²) in [6.07, 6.45) is -3.39. The molecule has 3 heterocycles. The second kappa shape index (κ2) is 10.9. The Morgan fingerprint density at radius 1 is 0.975 bits per heavy atom. The number of ether oxygens (including phenoxy) is 1. The molecule has 4 aromatic rings. The number of aromatic nitrogens is 1. The number of pyridine rings is 1. The number of likely N-dealkylation sites (tertiary alicyclic amines) is 2. The Kier molecular flexibility index (Phi) is 7.33. The van der Waals surface area contributed by atoms with Crippen LogP contribution in [0.5, 0.6) is 5.75 Å². The third kappa shape index (κ3) is 5.89. The number of para-hydroxylation sites is 1. The first-order chi connectivity index (χ1) is 19.2. The first kappa shape index (κ1) is 26.9. The van der Waals surface area contributed by atoms with E-state index in [4.69, 9.17) is 16.3 Å². The Bertz CT molecular complexity index is 1510. The number of alkyl halides is 3. The summed E-state index contributed by atoms with van der Waals surface area (Å²) in [6, 6.07) is 22.1. The Morgan fingerprint density at radius 3 is 2.48 bits per heavy atom. The smallest absolute Gasteiger partial charge is 0.416 e. The maximum absolute atomic E-state index is 13.8. The molecule has 1 N–H and O–H groups in total. The van der Waals surface area contributed by atoms with Crippen LogP contribution in [0, 0.1) is 6.92 Å². The SMILES string of the molecule is Cc1cc(Nc2cc(OCCN3C[C@@H]4CC3CN4Cc3ccc(Cl)cc3)cc(C(F)(F)F)c2)c2ccccc2n1. The number of benzene rings is 3. The van der Waals surface area contributed by atoms with E-state index in [1.165, 1.54) is 5.56 Å². The molecular weight excluding hydrogens is 537 g/mol. The van der Waals surface area contributed by atoms with Gasteiger partial charge in [-0.2, -0.15) is 13.2 Å². The highest BCUT2D eigenvalue weighted by molar-refractivity contribution is 6.30. The van der Waals surface area contributed by atoms with E-state index in [0.29, 0.717) is 36.6 Å². The van der Waals surface area contributed by atoms with Crippen LogP contribution >= 0.6 is 11.6 Å². The number of piperazine rings is 1. The quantitative estimate of drug-likeness (QED) is 0.242. The topological polar surface area (TPSA) is 40.6 Å². The van der Waals surface area contributed by atoms with Gasteiger partial charge in [-0.15, -0.1) is 0 Å². The molecule has 2 bridgehead atoms. The van der Waals surface area contributed by atoms with E-state index in [1.54, 1.807) is 6.07 Å². The lowest BCUT2D eigenvalue weighted by Crippen LogP contribution is -2.47. The van der Waals surface area contributed by atoms with Gasteiger partial charge in [0.15, 0.2) is 0 Å². The number of nitrogens with one attached hydrogen (secondary N) is 1. The predicted molar refractivity (Wildman–Crippen MR) is 152 cm³/mol. The molecule has 3 aromatic carbocycles. The van der Waals surface area contributed by atoms with Crippen LogP contribution in [0.3, 0.4) is 0 Å². The van der Waals surface area contributed by atoms with Gasteiger partial charge in [0.2, 0.25) is 0 Å². The molecule has 0 spiro atoms. The highest BCUT2D eigenvalue weighted by atomic mass is 35.5. The third-order valence-electron chi connectivity index (χ3n) is 7.77. The molecule has 1 aromatic heterocycles. The van der Waals surface area contributed by atoms with Crippen molar-refractivity contribution in [3.63, 3.8) is 0 Å². The van der Waals surface area contributed by atoms with Gasteiger partial charge in [0.1, 0.15) is 12.4 Å². The second-order valence-electron chi connectivity index (χ2n) is 10.6. The zero-order valence-electron chi connectivity index (χ0n) is 22.1. The van der Waals surface area contributed by atoms with Gasteiger partial charge in [0.05, 0.1) is 11.1 Å². The van der Waals surface area contributed by atoms with Gasteiger partial charge >= 0.3 is 6.18 Å². The van der Waals surface area contributed by atoms with Crippen molar-refractivity contribution in [2.24, 2.45) is 0 Å². The predicted octanol–water partition coefficient (Wildman–Crippen LogP) is 7.30. The van der Waals surface area contributed by atoms with Gasteiger partial charge in [-0.1, -0.05) is 41.9 Å². The van der Waals surface area contributed by atoms with Gasteiger partial charge in [-0.05, 0) is 55.3 Å². The number of anilines is 2. The minimum Gasteiger partial charge on any atom is -0.492 e. The lowest BCUT2D eigenvalue weighted by Gasteiger charge is -2.34. The molecule has 1 unspecified atom stereocenters. The van der Waals surface area contributed by atoms with Gasteiger partial charge < -0.3 is 10.1 Å². The summed E-state index contributed by atoms with van der Waals surface area (Å²) in [5.41, 5.74) is 3.07. The summed E-state index contributed by atoms with van der Waals surface area (Å²) in [7, 11) is 0. The van der Waals surface area contributed by atoms with Crippen molar-refractivity contribution >= 4 is 33.9 Å². The summed E-state index contributed by atoms with van der Waals surface area (Å²) in [6.45, 7) is 5.66. The fourth-order valence-electron chi connectivity index (χ4n) is 5.89. The molecule has 6 rings (SSSR count). The van der Waals surface area contributed by atoms with Crippen LogP contribution in [0.4, 0.5) is 24.5 Å². The molecule has 2 atom stereocenters. The third-order valence-corrected chi connectivity index (χ3v) is 8.02. The molecule has 0 radical (unpaired) electrons. The van der Waals surface area contributed by atoms with E-state index in [0.717, 1.165) is 59.8 Å². The molecule has 40 heavy (non-hydrogen) atoms.